The summed E-state index contributed by atoms with van der Waals surface area (Å²) >= 11 is 0. The van der Waals surface area contributed by atoms with Crippen molar-refractivity contribution in [3.63, 3.8) is 0 Å². The van der Waals surface area contributed by atoms with Crippen molar-refractivity contribution in [1.29, 1.82) is 0 Å². The molecule has 0 spiro atoms. The fraction of sp³-hybridized carbons (Fsp3) is 0.389. The van der Waals surface area contributed by atoms with Crippen LogP contribution in [0.3, 0.4) is 0 Å². The quantitative estimate of drug-likeness (QED) is 0.929. The number of benzene rings is 1. The predicted octanol–water partition coefficient (Wildman–Crippen LogP) is 3.66. The molecular weight excluding hydrogens is 308 g/mol. The molecule has 0 saturated heterocycles. The van der Waals surface area contributed by atoms with Gasteiger partial charge >= 0.3 is 0 Å². The lowest BCUT2D eigenvalue weighted by molar-refractivity contribution is 0.562. The van der Waals surface area contributed by atoms with Gasteiger partial charge in [0.1, 0.15) is 0 Å². The molecule has 4 nitrogen and oxygen atoms in total. The second-order valence-corrected chi connectivity index (χ2v) is 7.70. The summed E-state index contributed by atoms with van der Waals surface area (Å²) in [7, 11) is -3.62. The highest BCUT2D eigenvalue weighted by Gasteiger charge is 2.25. The van der Waals surface area contributed by atoms with Gasteiger partial charge in [-0.3, -0.25) is 4.98 Å². The maximum Gasteiger partial charge on any atom is 0.241 e. The lowest BCUT2D eigenvalue weighted by atomic mass is 9.95. The van der Waals surface area contributed by atoms with Crippen LogP contribution in [0, 0.1) is 34.6 Å². The molecule has 1 aromatic carbocycles. The van der Waals surface area contributed by atoms with E-state index in [4.69, 9.17) is 0 Å². The Balaban J connectivity index is 2.49. The number of aromatic nitrogens is 1. The summed E-state index contributed by atoms with van der Waals surface area (Å²) in [6, 6.07) is 5.09. The van der Waals surface area contributed by atoms with Gasteiger partial charge in [0.15, 0.2) is 0 Å². The molecule has 2 aromatic rings. The van der Waals surface area contributed by atoms with Crippen molar-refractivity contribution in [3.8, 4) is 0 Å². The lowest BCUT2D eigenvalue weighted by Gasteiger charge is -2.21. The average molecular weight is 332 g/mol. The maximum atomic E-state index is 12.9. The second-order valence-electron chi connectivity index (χ2n) is 6.05. The molecule has 1 atom stereocenters. The molecule has 0 saturated carbocycles. The molecule has 1 unspecified atom stereocenters. The van der Waals surface area contributed by atoms with E-state index in [2.05, 4.69) is 9.71 Å². The molecule has 0 aliphatic rings. The number of nitrogens with one attached hydrogen (secondary N) is 1. The van der Waals surface area contributed by atoms with Gasteiger partial charge in [-0.05, 0) is 81.5 Å². The highest BCUT2D eigenvalue weighted by atomic mass is 32.2. The van der Waals surface area contributed by atoms with E-state index in [1.54, 1.807) is 13.1 Å². The summed E-state index contributed by atoms with van der Waals surface area (Å²) in [5.74, 6) is 0. The van der Waals surface area contributed by atoms with E-state index in [9.17, 15) is 8.42 Å². The van der Waals surface area contributed by atoms with Crippen molar-refractivity contribution in [2.45, 2.75) is 52.5 Å². The number of hydrogen-bond acceptors (Lipinski definition) is 3. The molecule has 0 fully saturated rings. The molecule has 0 amide bonds. The third kappa shape index (κ3) is 3.31. The van der Waals surface area contributed by atoms with Gasteiger partial charge in [-0.1, -0.05) is 6.07 Å². The van der Waals surface area contributed by atoms with Crippen LogP contribution in [-0.2, 0) is 10.0 Å². The van der Waals surface area contributed by atoms with Crippen LogP contribution in [0.15, 0.2) is 29.3 Å². The lowest BCUT2D eigenvalue weighted by Crippen LogP contribution is -2.29. The number of hydrogen-bond donors (Lipinski definition) is 1. The van der Waals surface area contributed by atoms with E-state index >= 15 is 0 Å². The van der Waals surface area contributed by atoms with Crippen LogP contribution >= 0.6 is 0 Å². The highest BCUT2D eigenvalue weighted by molar-refractivity contribution is 7.89. The highest BCUT2D eigenvalue weighted by Crippen LogP contribution is 2.30. The largest absolute Gasteiger partial charge is 0.260 e. The molecule has 124 valence electrons. The van der Waals surface area contributed by atoms with Crippen LogP contribution in [0.2, 0.25) is 0 Å². The Hall–Kier alpha value is -1.72. The summed E-state index contributed by atoms with van der Waals surface area (Å²) in [6.07, 6.45) is 1.66. The van der Waals surface area contributed by atoms with Gasteiger partial charge in [-0.25, -0.2) is 13.1 Å². The molecule has 0 aliphatic heterocycles. The monoisotopic (exact) mass is 332 g/mol. The summed E-state index contributed by atoms with van der Waals surface area (Å²) in [4.78, 5) is 4.61. The first-order chi connectivity index (χ1) is 10.7. The molecule has 0 aliphatic carbocycles. The number of nitrogens with zero attached hydrogens (tertiary/aromatic N) is 1. The van der Waals surface area contributed by atoms with E-state index in [1.807, 2.05) is 52.8 Å². The standard InChI is InChI=1S/C18H24N2O2S/c1-11-12(2)14(4)18(15(5)13(11)3)23(21,22)20-16(6)17-9-7-8-10-19-17/h7-10,16,20H,1-6H3. The smallest absolute Gasteiger partial charge is 0.241 e. The van der Waals surface area contributed by atoms with Gasteiger partial charge in [-0.15, -0.1) is 0 Å². The molecule has 5 heteroatoms. The van der Waals surface area contributed by atoms with E-state index < -0.39 is 10.0 Å². The summed E-state index contributed by atoms with van der Waals surface area (Å²) in [5.41, 5.74) is 5.53. The van der Waals surface area contributed by atoms with Gasteiger partial charge in [0, 0.05) is 6.20 Å². The van der Waals surface area contributed by atoms with Crippen molar-refractivity contribution in [2.24, 2.45) is 0 Å². The van der Waals surface area contributed by atoms with Gasteiger partial charge in [0.2, 0.25) is 10.0 Å². The van der Waals surface area contributed by atoms with Crippen LogP contribution in [0.25, 0.3) is 0 Å². The Kier molecular flexibility index (Phi) is 4.92. The van der Waals surface area contributed by atoms with Crippen LogP contribution in [-0.4, -0.2) is 13.4 Å². The Morgan fingerprint density at radius 1 is 0.913 bits per heavy atom. The topological polar surface area (TPSA) is 59.1 Å². The normalized spacial score (nSPS) is 13.1. The molecule has 0 radical (unpaired) electrons. The number of rotatable bonds is 4. The van der Waals surface area contributed by atoms with Crippen LogP contribution in [0.4, 0.5) is 0 Å². The Labute approximate surface area is 139 Å². The molecule has 1 aromatic heterocycles. The third-order valence-corrected chi connectivity index (χ3v) is 6.48. The maximum absolute atomic E-state index is 12.9. The second kappa shape index (κ2) is 6.42. The van der Waals surface area contributed by atoms with Crippen molar-refractivity contribution in [2.75, 3.05) is 0 Å². The minimum Gasteiger partial charge on any atom is -0.260 e. The molecule has 1 heterocycles. The van der Waals surface area contributed by atoms with E-state index in [0.717, 1.165) is 27.8 Å². The van der Waals surface area contributed by atoms with Gasteiger partial charge < -0.3 is 0 Å². The average Bonchev–Trinajstić information content (AvgIpc) is 2.51. The zero-order valence-electron chi connectivity index (χ0n) is 14.6. The Morgan fingerprint density at radius 3 is 1.91 bits per heavy atom. The van der Waals surface area contributed by atoms with Crippen molar-refractivity contribution >= 4 is 10.0 Å². The van der Waals surface area contributed by atoms with Crippen molar-refractivity contribution < 1.29 is 8.42 Å². The summed E-state index contributed by atoms with van der Waals surface area (Å²) in [5, 5.41) is 0. The van der Waals surface area contributed by atoms with E-state index in [0.29, 0.717) is 10.6 Å². The third-order valence-electron chi connectivity index (χ3n) is 4.66. The Morgan fingerprint density at radius 2 is 1.43 bits per heavy atom. The molecule has 0 bridgehead atoms. The molecule has 1 N–H and O–H groups in total. The fourth-order valence-corrected chi connectivity index (χ4v) is 4.67. The van der Waals surface area contributed by atoms with Crippen LogP contribution in [0.5, 0.6) is 0 Å². The fourth-order valence-electron chi connectivity index (χ4n) is 2.85. The zero-order chi connectivity index (χ0) is 17.4. The summed E-state index contributed by atoms with van der Waals surface area (Å²) in [6.45, 7) is 11.5. The van der Waals surface area contributed by atoms with E-state index in [-0.39, 0.29) is 6.04 Å². The number of pyridine rings is 1. The van der Waals surface area contributed by atoms with Crippen molar-refractivity contribution in [1.82, 2.24) is 9.71 Å². The molecule has 23 heavy (non-hydrogen) atoms. The van der Waals surface area contributed by atoms with E-state index in [1.165, 1.54) is 0 Å². The SMILES string of the molecule is Cc1c(C)c(C)c(S(=O)(=O)NC(C)c2ccccn2)c(C)c1C. The zero-order valence-corrected chi connectivity index (χ0v) is 15.4. The Bertz CT molecular complexity index is 799. The first-order valence-corrected chi connectivity index (χ1v) is 9.15. The van der Waals surface area contributed by atoms with Crippen LogP contribution < -0.4 is 4.72 Å². The number of sulfonamides is 1. The first-order valence-electron chi connectivity index (χ1n) is 7.67. The van der Waals surface area contributed by atoms with Gasteiger partial charge in [0.25, 0.3) is 0 Å². The predicted molar refractivity (Wildman–Crippen MR) is 93.1 cm³/mol. The van der Waals surface area contributed by atoms with Crippen molar-refractivity contribution in [3.05, 3.63) is 57.9 Å². The van der Waals surface area contributed by atoms with Gasteiger partial charge in [0.05, 0.1) is 16.6 Å². The minimum absolute atomic E-state index is 0.387. The molecular formula is C18H24N2O2S. The minimum atomic E-state index is -3.62. The van der Waals surface area contributed by atoms with Crippen LogP contribution in [0.1, 0.15) is 46.5 Å². The summed E-state index contributed by atoms with van der Waals surface area (Å²) < 4.78 is 28.6. The molecule has 2 rings (SSSR count). The van der Waals surface area contributed by atoms with Gasteiger partial charge in [-0.2, -0.15) is 0 Å². The first kappa shape index (κ1) is 17.6.